The molecule has 2 nitrogen and oxygen atoms in total. The van der Waals surface area contributed by atoms with Crippen molar-refractivity contribution in [1.29, 1.82) is 0 Å². The van der Waals surface area contributed by atoms with Crippen LogP contribution in [0.5, 0.6) is 5.75 Å². The van der Waals surface area contributed by atoms with Crippen molar-refractivity contribution < 1.29 is 22.3 Å². The van der Waals surface area contributed by atoms with E-state index in [4.69, 9.17) is 5.73 Å². The first-order valence-electron chi connectivity index (χ1n) is 4.54. The second-order valence-electron chi connectivity index (χ2n) is 3.37. The number of halogens is 4. The molecular weight excluding hydrogens is 226 g/mol. The summed E-state index contributed by atoms with van der Waals surface area (Å²) in [7, 11) is 0. The van der Waals surface area contributed by atoms with Gasteiger partial charge in [0.25, 0.3) is 0 Å². The van der Waals surface area contributed by atoms with E-state index in [1.54, 1.807) is 6.92 Å². The molecule has 0 spiro atoms. The highest BCUT2D eigenvalue weighted by atomic mass is 19.4. The summed E-state index contributed by atoms with van der Waals surface area (Å²) in [5.41, 5.74) is 5.86. The zero-order chi connectivity index (χ0) is 12.3. The summed E-state index contributed by atoms with van der Waals surface area (Å²) in [5, 5.41) is 0. The molecule has 0 saturated carbocycles. The molecule has 0 bridgehead atoms. The summed E-state index contributed by atoms with van der Waals surface area (Å²) in [6.07, 6.45) is -4.46. The Morgan fingerprint density at radius 3 is 2.50 bits per heavy atom. The minimum absolute atomic E-state index is 0.174. The van der Waals surface area contributed by atoms with E-state index in [1.807, 2.05) is 0 Å². The Morgan fingerprint density at radius 1 is 1.38 bits per heavy atom. The zero-order valence-corrected chi connectivity index (χ0v) is 8.51. The topological polar surface area (TPSA) is 35.2 Å². The normalized spacial score (nSPS) is 13.6. The maximum Gasteiger partial charge on any atom is 0.422 e. The first kappa shape index (κ1) is 12.8. The van der Waals surface area contributed by atoms with Crippen LogP contribution in [0.1, 0.15) is 18.5 Å². The van der Waals surface area contributed by atoms with Crippen LogP contribution in [0.2, 0.25) is 0 Å². The van der Waals surface area contributed by atoms with Crippen molar-refractivity contribution in [2.75, 3.05) is 6.61 Å². The van der Waals surface area contributed by atoms with Crippen LogP contribution in [0.3, 0.4) is 0 Å². The Labute approximate surface area is 90.0 Å². The van der Waals surface area contributed by atoms with Crippen molar-refractivity contribution in [3.63, 3.8) is 0 Å². The van der Waals surface area contributed by atoms with Crippen LogP contribution in [-0.2, 0) is 0 Å². The number of ether oxygens (including phenoxy) is 1. The molecule has 1 rings (SSSR count). The molecule has 0 aromatic heterocycles. The molecule has 0 radical (unpaired) electrons. The summed E-state index contributed by atoms with van der Waals surface area (Å²) in [4.78, 5) is 0. The molecule has 16 heavy (non-hydrogen) atoms. The van der Waals surface area contributed by atoms with Crippen molar-refractivity contribution >= 4 is 0 Å². The number of nitrogens with two attached hydrogens (primary N) is 1. The molecule has 1 aromatic rings. The van der Waals surface area contributed by atoms with E-state index in [2.05, 4.69) is 4.74 Å². The summed E-state index contributed by atoms with van der Waals surface area (Å²) in [6, 6.07) is 2.80. The van der Waals surface area contributed by atoms with Crippen LogP contribution >= 0.6 is 0 Å². The lowest BCUT2D eigenvalue weighted by molar-refractivity contribution is -0.153. The van der Waals surface area contributed by atoms with Gasteiger partial charge in [0.1, 0.15) is 11.6 Å². The molecule has 0 saturated heterocycles. The lowest BCUT2D eigenvalue weighted by Crippen LogP contribution is -2.20. The van der Waals surface area contributed by atoms with Gasteiger partial charge in [0.05, 0.1) is 0 Å². The third-order valence-electron chi connectivity index (χ3n) is 1.86. The predicted octanol–water partition coefficient (Wildman–Crippen LogP) is 2.79. The Hall–Kier alpha value is -1.30. The fourth-order valence-electron chi connectivity index (χ4n) is 1.17. The third-order valence-corrected chi connectivity index (χ3v) is 1.86. The van der Waals surface area contributed by atoms with Crippen molar-refractivity contribution in [3.05, 3.63) is 29.6 Å². The molecule has 0 aliphatic carbocycles. The van der Waals surface area contributed by atoms with E-state index >= 15 is 0 Å². The van der Waals surface area contributed by atoms with Crippen LogP contribution < -0.4 is 10.5 Å². The van der Waals surface area contributed by atoms with Gasteiger partial charge in [-0.05, 0) is 13.0 Å². The summed E-state index contributed by atoms with van der Waals surface area (Å²) >= 11 is 0. The number of alkyl halides is 3. The highest BCUT2D eigenvalue weighted by Crippen LogP contribution is 2.26. The molecule has 1 atom stereocenters. The lowest BCUT2D eigenvalue weighted by atomic mass is 10.1. The molecule has 0 amide bonds. The Balaban J connectivity index is 2.88. The fraction of sp³-hybridized carbons (Fsp3) is 0.400. The van der Waals surface area contributed by atoms with E-state index in [0.717, 1.165) is 12.1 Å². The SMILES string of the molecule is C[C@H](N)c1ccc(F)cc1OCC(F)(F)F. The molecule has 90 valence electrons. The molecule has 0 aliphatic heterocycles. The van der Waals surface area contributed by atoms with Gasteiger partial charge >= 0.3 is 6.18 Å². The standard InChI is InChI=1S/C10H11F4NO/c1-6(15)8-3-2-7(11)4-9(8)16-5-10(12,13)14/h2-4,6H,5,15H2,1H3/t6-/m0/s1. The average molecular weight is 237 g/mol. The van der Waals surface area contributed by atoms with Gasteiger partial charge in [0, 0.05) is 17.7 Å². The molecule has 0 aliphatic rings. The average Bonchev–Trinajstić information content (AvgIpc) is 2.13. The van der Waals surface area contributed by atoms with Gasteiger partial charge in [0.15, 0.2) is 6.61 Å². The fourth-order valence-corrected chi connectivity index (χ4v) is 1.17. The van der Waals surface area contributed by atoms with Crippen molar-refractivity contribution in [2.24, 2.45) is 5.73 Å². The second kappa shape index (κ2) is 4.69. The number of hydrogen-bond donors (Lipinski definition) is 1. The van der Waals surface area contributed by atoms with Crippen LogP contribution in [0, 0.1) is 5.82 Å². The second-order valence-corrected chi connectivity index (χ2v) is 3.37. The van der Waals surface area contributed by atoms with Crippen LogP contribution in [-0.4, -0.2) is 12.8 Å². The Bertz CT molecular complexity index is 362. The number of benzene rings is 1. The van der Waals surface area contributed by atoms with Gasteiger partial charge in [-0.1, -0.05) is 6.07 Å². The monoisotopic (exact) mass is 237 g/mol. The molecule has 0 unspecified atom stereocenters. The minimum Gasteiger partial charge on any atom is -0.484 e. The first-order valence-corrected chi connectivity index (χ1v) is 4.54. The molecule has 0 fully saturated rings. The van der Waals surface area contributed by atoms with Crippen molar-refractivity contribution in [2.45, 2.75) is 19.1 Å². The maximum atomic E-state index is 12.8. The summed E-state index contributed by atoms with van der Waals surface area (Å²) < 4.78 is 53.1. The molecule has 0 heterocycles. The quantitative estimate of drug-likeness (QED) is 0.820. The van der Waals surface area contributed by atoms with Gasteiger partial charge in [-0.25, -0.2) is 4.39 Å². The van der Waals surface area contributed by atoms with Crippen LogP contribution in [0.25, 0.3) is 0 Å². The largest absolute Gasteiger partial charge is 0.484 e. The van der Waals surface area contributed by atoms with E-state index in [9.17, 15) is 17.6 Å². The molecule has 2 N–H and O–H groups in total. The van der Waals surface area contributed by atoms with Crippen molar-refractivity contribution in [1.82, 2.24) is 0 Å². The van der Waals surface area contributed by atoms with Crippen LogP contribution in [0.15, 0.2) is 18.2 Å². The first-order chi connectivity index (χ1) is 7.29. The van der Waals surface area contributed by atoms with Gasteiger partial charge in [-0.3, -0.25) is 0 Å². The van der Waals surface area contributed by atoms with E-state index in [1.165, 1.54) is 6.07 Å². The maximum absolute atomic E-state index is 12.8. The molecule has 6 heteroatoms. The summed E-state index contributed by atoms with van der Waals surface area (Å²) in [6.45, 7) is 0.115. The smallest absolute Gasteiger partial charge is 0.422 e. The zero-order valence-electron chi connectivity index (χ0n) is 8.51. The predicted molar refractivity (Wildman–Crippen MR) is 50.6 cm³/mol. The van der Waals surface area contributed by atoms with Crippen molar-refractivity contribution in [3.8, 4) is 5.75 Å². The molecule has 1 aromatic carbocycles. The van der Waals surface area contributed by atoms with Gasteiger partial charge in [-0.15, -0.1) is 0 Å². The summed E-state index contributed by atoms with van der Waals surface area (Å²) in [5.74, 6) is -0.839. The Kier molecular flexibility index (Phi) is 3.74. The number of rotatable bonds is 3. The highest BCUT2D eigenvalue weighted by Gasteiger charge is 2.29. The Morgan fingerprint density at radius 2 is 2.00 bits per heavy atom. The van der Waals surface area contributed by atoms with Gasteiger partial charge in [-0.2, -0.15) is 13.2 Å². The minimum atomic E-state index is -4.46. The lowest BCUT2D eigenvalue weighted by Gasteiger charge is -2.15. The van der Waals surface area contributed by atoms with Gasteiger partial charge in [0.2, 0.25) is 0 Å². The van der Waals surface area contributed by atoms with E-state index in [0.29, 0.717) is 5.56 Å². The number of hydrogen-bond acceptors (Lipinski definition) is 2. The highest BCUT2D eigenvalue weighted by molar-refractivity contribution is 5.36. The molecular formula is C10H11F4NO. The van der Waals surface area contributed by atoms with E-state index < -0.39 is 24.6 Å². The third kappa shape index (κ3) is 3.69. The van der Waals surface area contributed by atoms with E-state index in [-0.39, 0.29) is 5.75 Å². The van der Waals surface area contributed by atoms with Gasteiger partial charge < -0.3 is 10.5 Å². The van der Waals surface area contributed by atoms with Crippen LogP contribution in [0.4, 0.5) is 17.6 Å².